The van der Waals surface area contributed by atoms with Crippen LogP contribution in [0.3, 0.4) is 0 Å². The molecule has 2 aliphatic heterocycles. The van der Waals surface area contributed by atoms with Gasteiger partial charge in [-0.05, 0) is 20.8 Å². The van der Waals surface area contributed by atoms with Gasteiger partial charge in [-0.1, -0.05) is 0 Å². The number of carboxylic acid groups (broad SMARTS) is 1. The number of hydrogen-bond donors (Lipinski definition) is 1. The number of amides is 1. The van der Waals surface area contributed by atoms with Crippen LogP contribution < -0.4 is 0 Å². The number of nitrogens with zero attached hydrogens (tertiary/aromatic N) is 1. The fourth-order valence-corrected chi connectivity index (χ4v) is 2.40. The Hall–Kier alpha value is -1.37. The molecule has 0 aliphatic carbocycles. The van der Waals surface area contributed by atoms with Crippen molar-refractivity contribution < 1.29 is 28.6 Å². The summed E-state index contributed by atoms with van der Waals surface area (Å²) in [6.07, 6.45) is -0.695. The van der Waals surface area contributed by atoms with Crippen molar-refractivity contribution >= 4 is 12.1 Å². The Bertz CT molecular complexity index is 415. The molecule has 0 saturated carbocycles. The third-order valence-corrected chi connectivity index (χ3v) is 3.49. The molecular weight excluding hydrogens is 257 g/mol. The Balaban J connectivity index is 2.16. The molecule has 0 radical (unpaired) electrons. The zero-order valence-corrected chi connectivity index (χ0v) is 11.2. The van der Waals surface area contributed by atoms with Crippen LogP contribution in [0.4, 0.5) is 9.18 Å². The molecule has 19 heavy (non-hydrogen) atoms. The summed E-state index contributed by atoms with van der Waals surface area (Å²) in [7, 11) is 0. The van der Waals surface area contributed by atoms with Gasteiger partial charge < -0.3 is 19.5 Å². The number of aliphatic carboxylic acids is 1. The summed E-state index contributed by atoms with van der Waals surface area (Å²) in [6.45, 7) is 4.62. The van der Waals surface area contributed by atoms with Crippen molar-refractivity contribution in [3.8, 4) is 0 Å². The second-order valence-electron chi connectivity index (χ2n) is 6.22. The number of halogens is 1. The highest BCUT2D eigenvalue weighted by Crippen LogP contribution is 2.48. The highest BCUT2D eigenvalue weighted by Gasteiger charge is 2.68. The average Bonchev–Trinajstić information content (AvgIpc) is 2.50. The van der Waals surface area contributed by atoms with Crippen molar-refractivity contribution in [2.75, 3.05) is 26.3 Å². The van der Waals surface area contributed by atoms with Crippen molar-refractivity contribution in [1.29, 1.82) is 0 Å². The lowest BCUT2D eigenvalue weighted by molar-refractivity contribution is -0.192. The van der Waals surface area contributed by atoms with Gasteiger partial charge in [-0.25, -0.2) is 14.0 Å². The number of carbonyl (C=O) groups excluding carboxylic acids is 1. The molecule has 0 bridgehead atoms. The second kappa shape index (κ2) is 4.06. The topological polar surface area (TPSA) is 76.1 Å². The van der Waals surface area contributed by atoms with Crippen molar-refractivity contribution in [2.45, 2.75) is 32.0 Å². The number of ether oxygens (including phenoxy) is 2. The molecule has 7 heteroatoms. The van der Waals surface area contributed by atoms with E-state index in [1.165, 1.54) is 0 Å². The van der Waals surface area contributed by atoms with Crippen molar-refractivity contribution in [2.24, 2.45) is 5.41 Å². The molecule has 1 amide bonds. The lowest BCUT2D eigenvalue weighted by Gasteiger charge is -2.43. The molecule has 108 valence electrons. The molecule has 0 aromatic heterocycles. The number of rotatable bonds is 1. The summed E-state index contributed by atoms with van der Waals surface area (Å²) >= 11 is 0. The van der Waals surface area contributed by atoms with Gasteiger partial charge in [0.15, 0.2) is 0 Å². The lowest BCUT2D eigenvalue weighted by atomic mass is 9.74. The summed E-state index contributed by atoms with van der Waals surface area (Å²) in [4.78, 5) is 24.2. The second-order valence-corrected chi connectivity index (χ2v) is 6.22. The van der Waals surface area contributed by atoms with E-state index < -0.39 is 35.3 Å². The summed E-state index contributed by atoms with van der Waals surface area (Å²) in [6, 6.07) is 0. The molecule has 2 saturated heterocycles. The smallest absolute Gasteiger partial charge is 0.410 e. The fourth-order valence-electron chi connectivity index (χ4n) is 2.40. The normalized spacial score (nSPS) is 29.2. The fraction of sp³-hybridized carbons (Fsp3) is 0.833. The highest BCUT2D eigenvalue weighted by atomic mass is 19.1. The van der Waals surface area contributed by atoms with E-state index >= 15 is 0 Å². The Morgan fingerprint density at radius 1 is 1.32 bits per heavy atom. The number of likely N-dealkylation sites (tertiary alicyclic amines) is 1. The minimum absolute atomic E-state index is 0.00468. The largest absolute Gasteiger partial charge is 0.479 e. The van der Waals surface area contributed by atoms with Crippen molar-refractivity contribution in [3.05, 3.63) is 0 Å². The van der Waals surface area contributed by atoms with Crippen LogP contribution in [0.15, 0.2) is 0 Å². The van der Waals surface area contributed by atoms with E-state index in [9.17, 15) is 14.0 Å². The predicted molar refractivity (Wildman–Crippen MR) is 62.5 cm³/mol. The SMILES string of the molecule is CC(C)(C)OC(=O)N1CC2(COC2)[C@](F)(C(=O)O)C1. The van der Waals surface area contributed by atoms with Gasteiger partial charge in [0.05, 0.1) is 25.2 Å². The zero-order valence-electron chi connectivity index (χ0n) is 11.2. The van der Waals surface area contributed by atoms with Gasteiger partial charge in [-0.2, -0.15) is 0 Å². The third-order valence-electron chi connectivity index (χ3n) is 3.49. The quantitative estimate of drug-likeness (QED) is 0.774. The summed E-state index contributed by atoms with van der Waals surface area (Å²) in [5, 5.41) is 9.10. The van der Waals surface area contributed by atoms with Crippen molar-refractivity contribution in [3.63, 3.8) is 0 Å². The predicted octanol–water partition coefficient (Wildman–Crippen LogP) is 1.05. The zero-order chi connectivity index (χ0) is 14.5. The monoisotopic (exact) mass is 275 g/mol. The van der Waals surface area contributed by atoms with E-state index in [1.807, 2.05) is 0 Å². The van der Waals surface area contributed by atoms with Crippen LogP contribution in [0.25, 0.3) is 0 Å². The highest BCUT2D eigenvalue weighted by molar-refractivity contribution is 5.82. The van der Waals surface area contributed by atoms with Crippen LogP contribution in [-0.2, 0) is 14.3 Å². The molecular formula is C12H18FNO5. The Morgan fingerprint density at radius 3 is 2.21 bits per heavy atom. The molecule has 2 rings (SSSR count). The van der Waals surface area contributed by atoms with Gasteiger partial charge in [0.25, 0.3) is 0 Å². The van der Waals surface area contributed by atoms with E-state index in [4.69, 9.17) is 14.6 Å². The van der Waals surface area contributed by atoms with E-state index in [0.29, 0.717) is 0 Å². The van der Waals surface area contributed by atoms with E-state index in [0.717, 1.165) is 4.90 Å². The molecule has 2 aliphatic rings. The third kappa shape index (κ3) is 2.16. The standard InChI is InChI=1S/C12H18FNO5/c1-10(2,3)19-9(17)14-4-11(6-18-7-11)12(13,5-14)8(15)16/h4-7H2,1-3H3,(H,15,16)/t12-/m1/s1. The first kappa shape index (κ1) is 14.0. The first-order chi connectivity index (χ1) is 8.60. The maximum absolute atomic E-state index is 14.6. The van der Waals surface area contributed by atoms with Crippen LogP contribution >= 0.6 is 0 Å². The number of carbonyl (C=O) groups is 2. The maximum atomic E-state index is 14.6. The summed E-state index contributed by atoms with van der Waals surface area (Å²) in [5.41, 5.74) is -4.32. The Labute approximate surface area is 110 Å². The molecule has 2 heterocycles. The van der Waals surface area contributed by atoms with Crippen LogP contribution in [0.2, 0.25) is 0 Å². The van der Waals surface area contributed by atoms with Crippen molar-refractivity contribution in [1.82, 2.24) is 4.90 Å². The van der Waals surface area contributed by atoms with Gasteiger partial charge in [0.1, 0.15) is 5.60 Å². The minimum atomic E-state index is -2.47. The molecule has 0 aromatic rings. The molecule has 1 atom stereocenters. The van der Waals surface area contributed by atoms with Gasteiger partial charge in [-0.3, -0.25) is 0 Å². The first-order valence-corrected chi connectivity index (χ1v) is 6.08. The minimum Gasteiger partial charge on any atom is -0.479 e. The summed E-state index contributed by atoms with van der Waals surface area (Å²) < 4.78 is 24.7. The molecule has 0 aromatic carbocycles. The molecule has 1 spiro atoms. The first-order valence-electron chi connectivity index (χ1n) is 6.08. The van der Waals surface area contributed by atoms with Crippen LogP contribution in [0, 0.1) is 5.41 Å². The summed E-state index contributed by atoms with van der Waals surface area (Å²) in [5.74, 6) is -1.55. The number of hydrogen-bond acceptors (Lipinski definition) is 4. The maximum Gasteiger partial charge on any atom is 0.410 e. The number of carboxylic acids is 1. The van der Waals surface area contributed by atoms with Gasteiger partial charge >= 0.3 is 12.1 Å². The van der Waals surface area contributed by atoms with Gasteiger partial charge in [-0.15, -0.1) is 0 Å². The van der Waals surface area contributed by atoms with E-state index in [1.54, 1.807) is 20.8 Å². The van der Waals surface area contributed by atoms with Crippen LogP contribution in [-0.4, -0.2) is 59.6 Å². The van der Waals surface area contributed by atoms with E-state index in [2.05, 4.69) is 0 Å². The number of alkyl halides is 1. The van der Waals surface area contributed by atoms with Crippen LogP contribution in [0.1, 0.15) is 20.8 Å². The Morgan fingerprint density at radius 2 is 1.89 bits per heavy atom. The molecule has 2 fully saturated rings. The molecule has 6 nitrogen and oxygen atoms in total. The van der Waals surface area contributed by atoms with Gasteiger partial charge in [0.2, 0.25) is 5.67 Å². The van der Waals surface area contributed by atoms with Gasteiger partial charge in [0, 0.05) is 6.54 Å². The lowest BCUT2D eigenvalue weighted by Crippen LogP contribution is -2.60. The van der Waals surface area contributed by atoms with E-state index in [-0.39, 0.29) is 19.8 Å². The van der Waals surface area contributed by atoms with Crippen LogP contribution in [0.5, 0.6) is 0 Å². The molecule has 0 unspecified atom stereocenters. The Kier molecular flexibility index (Phi) is 3.00. The molecule has 1 N–H and O–H groups in total. The average molecular weight is 275 g/mol.